The van der Waals surface area contributed by atoms with Gasteiger partial charge in [-0.1, -0.05) is 6.07 Å². The molecule has 0 bridgehead atoms. The van der Waals surface area contributed by atoms with Gasteiger partial charge in [0.15, 0.2) is 0 Å². The number of nitrogens with zero attached hydrogens (tertiary/aromatic N) is 3. The molecule has 2 heterocycles. The second-order valence-electron chi connectivity index (χ2n) is 9.91. The lowest BCUT2D eigenvalue weighted by molar-refractivity contribution is -0.267. The van der Waals surface area contributed by atoms with Crippen molar-refractivity contribution < 1.29 is 31.1 Å². The highest BCUT2D eigenvalue weighted by Gasteiger charge is 2.63. The van der Waals surface area contributed by atoms with Crippen LogP contribution in [0.5, 0.6) is 0 Å². The highest BCUT2D eigenvalue weighted by Crippen LogP contribution is 2.37. The third kappa shape index (κ3) is 5.21. The van der Waals surface area contributed by atoms with Crippen LogP contribution in [0.3, 0.4) is 0 Å². The summed E-state index contributed by atoms with van der Waals surface area (Å²) < 4.78 is 83.8. The van der Waals surface area contributed by atoms with Gasteiger partial charge in [0.05, 0.1) is 16.9 Å². The molecule has 4 aromatic rings. The fraction of sp³-hybridized carbons (Fsp3) is 0.259. The number of halogens is 7. The Labute approximate surface area is 250 Å². The molecule has 2 aromatic carbocycles. The molecule has 0 radical (unpaired) electrons. The zero-order valence-electron chi connectivity index (χ0n) is 22.2. The molecule has 226 valence electrons. The number of rotatable bonds is 6. The second kappa shape index (κ2) is 10.6. The molecule has 1 aliphatic rings. The first kappa shape index (κ1) is 30.4. The minimum absolute atomic E-state index is 0.0778. The number of anilines is 3. The number of nitrogens with one attached hydrogen (secondary N) is 2. The summed E-state index contributed by atoms with van der Waals surface area (Å²) >= 11 is 1.90. The van der Waals surface area contributed by atoms with Crippen LogP contribution in [-0.4, -0.2) is 31.7 Å². The molecule has 2 aromatic heterocycles. The maximum atomic E-state index is 14.8. The van der Waals surface area contributed by atoms with Gasteiger partial charge < -0.3 is 10.6 Å². The Bertz CT molecular complexity index is 2000. The molecular weight excluding hydrogens is 699 g/mol. The van der Waals surface area contributed by atoms with Crippen molar-refractivity contribution in [3.8, 4) is 5.69 Å². The molecule has 43 heavy (non-hydrogen) atoms. The number of aryl methyl sites for hydroxylation is 1. The normalized spacial score (nSPS) is 13.8. The van der Waals surface area contributed by atoms with E-state index in [1.165, 1.54) is 43.6 Å². The topological polar surface area (TPSA) is 107 Å². The SMILES string of the molecule is Cc1c(=O)n(C)c(Nc2ccc(I)cc2F)c2c(=O)n(C3CC3)c(=O)n(-c3cccc(NC(=O)C(F)(F)C(F)(F)F)c3)c12. The predicted molar refractivity (Wildman–Crippen MR) is 154 cm³/mol. The fourth-order valence-electron chi connectivity index (χ4n) is 4.63. The fourth-order valence-corrected chi connectivity index (χ4v) is 5.09. The lowest BCUT2D eigenvalue weighted by atomic mass is 10.1. The minimum atomic E-state index is -6.15. The van der Waals surface area contributed by atoms with Crippen molar-refractivity contribution in [2.75, 3.05) is 10.6 Å². The van der Waals surface area contributed by atoms with E-state index in [1.54, 1.807) is 6.07 Å². The third-order valence-corrected chi connectivity index (χ3v) is 7.61. The monoisotopic (exact) mass is 719 g/mol. The predicted octanol–water partition coefficient (Wildman–Crippen LogP) is 5.12. The Morgan fingerprint density at radius 1 is 1.00 bits per heavy atom. The van der Waals surface area contributed by atoms with Crippen LogP contribution in [0.2, 0.25) is 0 Å². The van der Waals surface area contributed by atoms with E-state index in [0.29, 0.717) is 16.4 Å². The van der Waals surface area contributed by atoms with Gasteiger partial charge in [-0.3, -0.25) is 28.1 Å². The summed E-state index contributed by atoms with van der Waals surface area (Å²) in [5.74, 6) is -9.19. The lowest BCUT2D eigenvalue weighted by Crippen LogP contribution is -2.47. The summed E-state index contributed by atoms with van der Waals surface area (Å²) in [6.45, 7) is 1.34. The van der Waals surface area contributed by atoms with Gasteiger partial charge in [-0.05, 0) is 78.8 Å². The largest absolute Gasteiger partial charge is 0.463 e. The van der Waals surface area contributed by atoms with Crippen molar-refractivity contribution in [1.29, 1.82) is 0 Å². The van der Waals surface area contributed by atoms with Gasteiger partial charge in [0.2, 0.25) is 0 Å². The van der Waals surface area contributed by atoms with Crippen LogP contribution < -0.4 is 27.4 Å². The van der Waals surface area contributed by atoms with Crippen LogP contribution in [0.25, 0.3) is 16.6 Å². The number of amides is 1. The van der Waals surface area contributed by atoms with E-state index >= 15 is 0 Å². The molecule has 1 fully saturated rings. The van der Waals surface area contributed by atoms with E-state index in [9.17, 15) is 45.5 Å². The Morgan fingerprint density at radius 3 is 2.28 bits per heavy atom. The number of hydrogen-bond donors (Lipinski definition) is 2. The van der Waals surface area contributed by atoms with E-state index in [4.69, 9.17) is 0 Å². The van der Waals surface area contributed by atoms with Crippen molar-refractivity contribution in [1.82, 2.24) is 13.7 Å². The van der Waals surface area contributed by atoms with E-state index in [1.807, 2.05) is 22.6 Å². The molecule has 16 heteroatoms. The summed E-state index contributed by atoms with van der Waals surface area (Å²) in [5, 5.41) is 4.11. The minimum Gasteiger partial charge on any atom is -0.338 e. The summed E-state index contributed by atoms with van der Waals surface area (Å²) in [7, 11) is 1.34. The Balaban J connectivity index is 1.78. The molecule has 0 saturated heterocycles. The van der Waals surface area contributed by atoms with Crippen LogP contribution in [-0.2, 0) is 11.8 Å². The van der Waals surface area contributed by atoms with E-state index < -0.39 is 52.4 Å². The van der Waals surface area contributed by atoms with Crippen LogP contribution in [0.1, 0.15) is 24.4 Å². The quantitative estimate of drug-likeness (QED) is 0.213. The van der Waals surface area contributed by atoms with E-state index in [-0.39, 0.29) is 33.7 Å². The average Bonchev–Trinajstić information content (AvgIpc) is 3.76. The van der Waals surface area contributed by atoms with E-state index in [0.717, 1.165) is 25.8 Å². The summed E-state index contributed by atoms with van der Waals surface area (Å²) in [6.07, 6.45) is -5.20. The maximum absolute atomic E-state index is 14.8. The Kier molecular flexibility index (Phi) is 7.46. The molecule has 1 amide bonds. The smallest absolute Gasteiger partial charge is 0.338 e. The molecule has 0 spiro atoms. The molecular formula is C27H20F6IN5O4. The van der Waals surface area contributed by atoms with Gasteiger partial charge in [0.1, 0.15) is 17.0 Å². The van der Waals surface area contributed by atoms with Crippen LogP contribution in [0.4, 0.5) is 43.5 Å². The molecule has 1 aliphatic carbocycles. The standard InChI is InChI=1S/C27H20F6IN5O4/c1-12-20-19(21(37(2)22(12)40)36-18-9-6-13(34)10-17(18)28)23(41)39(15-7-8-15)25(43)38(20)16-5-3-4-14(11-16)35-24(42)26(29,30)27(31,32)33/h3-6,9-11,15,36H,7-8H2,1-2H3,(H,35,42). The first-order chi connectivity index (χ1) is 20.0. The van der Waals surface area contributed by atoms with Gasteiger partial charge in [0, 0.05) is 27.9 Å². The molecule has 1 saturated carbocycles. The van der Waals surface area contributed by atoms with Crippen LogP contribution >= 0.6 is 22.6 Å². The number of aromatic nitrogens is 3. The zero-order chi connectivity index (χ0) is 31.6. The van der Waals surface area contributed by atoms with Crippen LogP contribution in [0, 0.1) is 16.3 Å². The average molecular weight is 719 g/mol. The van der Waals surface area contributed by atoms with Crippen LogP contribution in [0.15, 0.2) is 56.8 Å². The van der Waals surface area contributed by atoms with Gasteiger partial charge in [0.25, 0.3) is 11.1 Å². The summed E-state index contributed by atoms with van der Waals surface area (Å²) in [4.78, 5) is 52.8. The summed E-state index contributed by atoms with van der Waals surface area (Å²) in [6, 6.07) is 8.13. The number of carbonyl (C=O) groups is 1. The van der Waals surface area contributed by atoms with Gasteiger partial charge in [-0.25, -0.2) is 9.18 Å². The number of fused-ring (bicyclic) bond motifs is 1. The second-order valence-corrected chi connectivity index (χ2v) is 11.2. The van der Waals surface area contributed by atoms with Gasteiger partial charge in [-0.15, -0.1) is 0 Å². The number of pyridine rings is 1. The number of hydrogen-bond acceptors (Lipinski definition) is 5. The molecule has 0 atom stereocenters. The first-order valence-electron chi connectivity index (χ1n) is 12.5. The molecule has 0 aliphatic heterocycles. The number of benzene rings is 2. The highest BCUT2D eigenvalue weighted by atomic mass is 127. The molecule has 9 nitrogen and oxygen atoms in total. The van der Waals surface area contributed by atoms with Crippen molar-refractivity contribution in [3.63, 3.8) is 0 Å². The molecule has 2 N–H and O–H groups in total. The number of alkyl halides is 5. The van der Waals surface area contributed by atoms with Crippen molar-refractivity contribution in [2.24, 2.45) is 7.05 Å². The lowest BCUT2D eigenvalue weighted by Gasteiger charge is -2.21. The zero-order valence-corrected chi connectivity index (χ0v) is 24.3. The van der Waals surface area contributed by atoms with Gasteiger partial charge in [-0.2, -0.15) is 22.0 Å². The van der Waals surface area contributed by atoms with Crippen molar-refractivity contribution in [2.45, 2.75) is 37.9 Å². The molecule has 0 unspecified atom stereocenters. The molecule has 5 rings (SSSR count). The third-order valence-electron chi connectivity index (χ3n) is 6.94. The maximum Gasteiger partial charge on any atom is 0.463 e. The highest BCUT2D eigenvalue weighted by molar-refractivity contribution is 14.1. The Morgan fingerprint density at radius 2 is 1.67 bits per heavy atom. The van der Waals surface area contributed by atoms with Gasteiger partial charge >= 0.3 is 23.7 Å². The number of carbonyl (C=O) groups excluding carboxylic acids is 1. The van der Waals surface area contributed by atoms with E-state index in [2.05, 4.69) is 5.32 Å². The Hall–Kier alpha value is -4.09. The summed E-state index contributed by atoms with van der Waals surface area (Å²) in [5.41, 5.74) is -3.39. The van der Waals surface area contributed by atoms with Crippen molar-refractivity contribution in [3.05, 3.63) is 88.6 Å². The first-order valence-corrected chi connectivity index (χ1v) is 13.6. The van der Waals surface area contributed by atoms with Crippen molar-refractivity contribution >= 4 is 56.6 Å².